The van der Waals surface area contributed by atoms with Crippen molar-refractivity contribution in [3.05, 3.63) is 55.7 Å². The Kier molecular flexibility index (Phi) is 6.37. The minimum Gasteiger partial charge on any atom is -0.493 e. The van der Waals surface area contributed by atoms with Crippen LogP contribution in [0, 0.1) is 0 Å². The van der Waals surface area contributed by atoms with Crippen LogP contribution in [0.2, 0.25) is 5.02 Å². The number of H-pyrrole nitrogens is 1. The molecule has 2 N–H and O–H groups in total. The first-order valence-electron chi connectivity index (χ1n) is 7.88. The van der Waals surface area contributed by atoms with Crippen molar-refractivity contribution in [1.29, 1.82) is 0 Å². The number of aromatic amines is 1. The fourth-order valence-corrected chi connectivity index (χ4v) is 2.40. The Morgan fingerprint density at radius 3 is 2.58 bits per heavy atom. The van der Waals surface area contributed by atoms with Crippen molar-refractivity contribution >= 4 is 17.8 Å². The van der Waals surface area contributed by atoms with Gasteiger partial charge in [-0.3, -0.25) is 14.8 Å². The van der Waals surface area contributed by atoms with E-state index in [1.807, 2.05) is 0 Å². The summed E-state index contributed by atoms with van der Waals surface area (Å²) < 4.78 is 1.01. The van der Waals surface area contributed by atoms with Gasteiger partial charge in [0, 0.05) is 17.8 Å². The summed E-state index contributed by atoms with van der Waals surface area (Å²) in [6, 6.07) is 6.34. The number of nitrogens with zero attached hydrogens (tertiary/aromatic N) is 2. The topological polar surface area (TPSA) is 87.4 Å². The molecule has 0 aliphatic carbocycles. The Bertz CT molecular complexity index is 822. The number of hydrogen-bond donors (Lipinski definition) is 2. The lowest BCUT2D eigenvalue weighted by Gasteiger charge is -2.09. The van der Waals surface area contributed by atoms with Crippen molar-refractivity contribution in [3.8, 4) is 11.6 Å². The van der Waals surface area contributed by atoms with Crippen molar-refractivity contribution in [2.24, 2.45) is 4.99 Å². The normalized spacial score (nSPS) is 11.2. The van der Waals surface area contributed by atoms with E-state index in [1.165, 1.54) is 6.21 Å². The molecule has 1 aromatic heterocycles. The summed E-state index contributed by atoms with van der Waals surface area (Å²) in [6.45, 7) is 2.69. The molecule has 0 saturated heterocycles. The Morgan fingerprint density at radius 1 is 1.21 bits per heavy atom. The number of aromatic nitrogens is 2. The van der Waals surface area contributed by atoms with Gasteiger partial charge >= 0.3 is 5.69 Å². The van der Waals surface area contributed by atoms with E-state index in [1.54, 1.807) is 24.3 Å². The summed E-state index contributed by atoms with van der Waals surface area (Å²) in [5.74, 6) is -0.441. The fourth-order valence-electron chi connectivity index (χ4n) is 2.27. The van der Waals surface area contributed by atoms with Gasteiger partial charge in [-0.05, 0) is 30.7 Å². The molecule has 1 aromatic carbocycles. The van der Waals surface area contributed by atoms with Gasteiger partial charge in [0.2, 0.25) is 5.88 Å². The molecule has 0 atom stereocenters. The quantitative estimate of drug-likeness (QED) is 0.595. The van der Waals surface area contributed by atoms with E-state index >= 15 is 0 Å². The van der Waals surface area contributed by atoms with Crippen LogP contribution >= 0.6 is 11.6 Å². The summed E-state index contributed by atoms with van der Waals surface area (Å²) in [6.07, 6.45) is 5.57. The molecule has 0 aliphatic heterocycles. The van der Waals surface area contributed by atoms with E-state index in [0.717, 1.165) is 30.3 Å². The van der Waals surface area contributed by atoms with E-state index in [9.17, 15) is 14.7 Å². The molecular weight excluding hydrogens is 330 g/mol. The molecule has 0 radical (unpaired) electrons. The van der Waals surface area contributed by atoms with Gasteiger partial charge in [-0.1, -0.05) is 37.8 Å². The van der Waals surface area contributed by atoms with Crippen molar-refractivity contribution in [1.82, 2.24) is 9.55 Å². The third-order valence-electron chi connectivity index (χ3n) is 3.57. The van der Waals surface area contributed by atoms with Crippen LogP contribution in [-0.2, 0) is 0 Å². The number of aliphatic imine (C=N–C) groups is 1. The highest BCUT2D eigenvalue weighted by Gasteiger charge is 2.13. The molecule has 0 saturated carbocycles. The number of hydrogen-bond acceptors (Lipinski definition) is 4. The minimum atomic E-state index is -0.722. The summed E-state index contributed by atoms with van der Waals surface area (Å²) >= 11 is 5.83. The molecule has 0 unspecified atom stereocenters. The Labute approximate surface area is 144 Å². The third kappa shape index (κ3) is 4.35. The number of rotatable bonds is 7. The second kappa shape index (κ2) is 8.49. The average Bonchev–Trinajstić information content (AvgIpc) is 2.55. The summed E-state index contributed by atoms with van der Waals surface area (Å²) in [4.78, 5) is 30.3. The zero-order chi connectivity index (χ0) is 17.5. The molecule has 0 aliphatic rings. The number of halogens is 1. The van der Waals surface area contributed by atoms with Gasteiger partial charge in [-0.2, -0.15) is 0 Å². The van der Waals surface area contributed by atoms with Gasteiger partial charge < -0.3 is 5.11 Å². The molecule has 0 bridgehead atoms. The predicted octanol–water partition coefficient (Wildman–Crippen LogP) is 2.88. The molecule has 24 heavy (non-hydrogen) atoms. The van der Waals surface area contributed by atoms with Gasteiger partial charge in [-0.25, -0.2) is 9.36 Å². The average molecular weight is 350 g/mol. The van der Waals surface area contributed by atoms with Crippen LogP contribution in [0.15, 0.2) is 38.8 Å². The second-order valence-electron chi connectivity index (χ2n) is 5.40. The summed E-state index contributed by atoms with van der Waals surface area (Å²) in [5, 5.41) is 10.8. The van der Waals surface area contributed by atoms with Gasteiger partial charge in [-0.15, -0.1) is 0 Å². The van der Waals surface area contributed by atoms with E-state index in [2.05, 4.69) is 16.9 Å². The first-order valence-corrected chi connectivity index (χ1v) is 8.26. The summed E-state index contributed by atoms with van der Waals surface area (Å²) in [5.41, 5.74) is -1.03. The summed E-state index contributed by atoms with van der Waals surface area (Å²) in [7, 11) is 0. The molecule has 7 heteroatoms. The zero-order valence-corrected chi connectivity index (χ0v) is 14.2. The monoisotopic (exact) mass is 349 g/mol. The van der Waals surface area contributed by atoms with Crippen LogP contribution in [0.1, 0.15) is 38.2 Å². The smallest absolute Gasteiger partial charge is 0.335 e. The Morgan fingerprint density at radius 2 is 1.92 bits per heavy atom. The molecule has 6 nitrogen and oxygen atoms in total. The first-order chi connectivity index (χ1) is 11.5. The maximum Gasteiger partial charge on any atom is 0.335 e. The highest BCUT2D eigenvalue weighted by Crippen LogP contribution is 2.17. The highest BCUT2D eigenvalue weighted by molar-refractivity contribution is 6.30. The van der Waals surface area contributed by atoms with E-state index in [-0.39, 0.29) is 5.56 Å². The molecule has 1 heterocycles. The van der Waals surface area contributed by atoms with Crippen LogP contribution in [0.25, 0.3) is 5.69 Å². The molecular formula is C17H20ClN3O3. The van der Waals surface area contributed by atoms with Crippen molar-refractivity contribution in [2.45, 2.75) is 32.6 Å². The molecule has 0 amide bonds. The largest absolute Gasteiger partial charge is 0.493 e. The first kappa shape index (κ1) is 18.0. The van der Waals surface area contributed by atoms with Crippen LogP contribution < -0.4 is 11.2 Å². The maximum absolute atomic E-state index is 12.0. The molecule has 0 fully saturated rings. The van der Waals surface area contributed by atoms with Crippen LogP contribution in [-0.4, -0.2) is 27.4 Å². The van der Waals surface area contributed by atoms with Gasteiger partial charge in [0.1, 0.15) is 5.56 Å². The maximum atomic E-state index is 12.0. The Hall–Kier alpha value is -2.34. The van der Waals surface area contributed by atoms with E-state index < -0.39 is 17.1 Å². The molecule has 2 rings (SSSR count). The van der Waals surface area contributed by atoms with Crippen LogP contribution in [0.5, 0.6) is 5.88 Å². The number of unbranched alkanes of at least 4 members (excludes halogenated alkanes) is 3. The predicted molar refractivity (Wildman–Crippen MR) is 95.9 cm³/mol. The van der Waals surface area contributed by atoms with Gasteiger partial charge in [0.05, 0.1) is 5.69 Å². The lowest BCUT2D eigenvalue weighted by atomic mass is 10.2. The molecule has 2 aromatic rings. The van der Waals surface area contributed by atoms with Crippen molar-refractivity contribution in [3.63, 3.8) is 0 Å². The lowest BCUT2D eigenvalue weighted by molar-refractivity contribution is 0.430. The molecule has 0 spiro atoms. The lowest BCUT2D eigenvalue weighted by Crippen LogP contribution is -2.31. The van der Waals surface area contributed by atoms with Crippen LogP contribution in [0.3, 0.4) is 0 Å². The highest BCUT2D eigenvalue weighted by atomic mass is 35.5. The fraction of sp³-hybridized carbons (Fsp3) is 0.353. The van der Waals surface area contributed by atoms with Crippen molar-refractivity contribution in [2.75, 3.05) is 6.54 Å². The van der Waals surface area contributed by atoms with Gasteiger partial charge in [0.15, 0.2) is 0 Å². The van der Waals surface area contributed by atoms with E-state index in [0.29, 0.717) is 17.3 Å². The number of aromatic hydroxyl groups is 1. The van der Waals surface area contributed by atoms with Crippen molar-refractivity contribution < 1.29 is 5.11 Å². The third-order valence-corrected chi connectivity index (χ3v) is 3.82. The number of benzene rings is 1. The molecule has 128 valence electrons. The van der Waals surface area contributed by atoms with Gasteiger partial charge in [0.25, 0.3) is 5.56 Å². The Balaban J connectivity index is 2.31. The standard InChI is InChI=1S/C17H20ClN3O3/c1-2-3-4-5-10-19-11-14-15(22)20-17(24)21(16(14)23)13-8-6-12(18)7-9-13/h6-9,11,23H,2-5,10H2,1H3,(H,20,22,24). The van der Waals surface area contributed by atoms with E-state index in [4.69, 9.17) is 11.6 Å². The second-order valence-corrected chi connectivity index (χ2v) is 5.84. The SMILES string of the molecule is CCCCCCN=Cc1c(O)n(-c2ccc(Cl)cc2)c(=O)[nH]c1=O. The minimum absolute atomic E-state index is 0.0416. The van der Waals surface area contributed by atoms with Crippen LogP contribution in [0.4, 0.5) is 0 Å². The zero-order valence-electron chi connectivity index (χ0n) is 13.5. The number of nitrogens with one attached hydrogen (secondary N) is 1.